The van der Waals surface area contributed by atoms with Crippen molar-refractivity contribution in [1.82, 2.24) is 4.98 Å². The van der Waals surface area contributed by atoms with Crippen LogP contribution in [-0.4, -0.2) is 11.0 Å². The van der Waals surface area contributed by atoms with Crippen LogP contribution in [0.2, 0.25) is 0 Å². The number of anilines is 1. The van der Waals surface area contributed by atoms with E-state index >= 15 is 0 Å². The molecule has 1 aromatic heterocycles. The smallest absolute Gasteiger partial charge is 0.126 e. The average molecular weight is 187 g/mol. The van der Waals surface area contributed by atoms with Gasteiger partial charge in [0, 0.05) is 12.2 Å². The zero-order valence-corrected chi connectivity index (χ0v) is 8.20. The second-order valence-corrected chi connectivity index (χ2v) is 3.81. The van der Waals surface area contributed by atoms with E-state index in [2.05, 4.69) is 23.3 Å². The zero-order valence-electron chi connectivity index (χ0n) is 8.20. The fourth-order valence-electron chi connectivity index (χ4n) is 1.49. The Morgan fingerprint density at radius 3 is 2.86 bits per heavy atom. The van der Waals surface area contributed by atoms with Crippen molar-refractivity contribution in [3.05, 3.63) is 23.9 Å². The minimum Gasteiger partial charge on any atom is -0.367 e. The predicted octanol–water partition coefficient (Wildman–Crippen LogP) is 2.16. The fourth-order valence-corrected chi connectivity index (χ4v) is 1.49. The summed E-state index contributed by atoms with van der Waals surface area (Å²) in [7, 11) is 0. The molecule has 0 spiro atoms. The lowest BCUT2D eigenvalue weighted by Crippen LogP contribution is -2.17. The van der Waals surface area contributed by atoms with Gasteiger partial charge in [-0.15, -0.1) is 0 Å². The third-order valence-corrected chi connectivity index (χ3v) is 2.60. The van der Waals surface area contributed by atoms with Gasteiger partial charge in [-0.3, -0.25) is 0 Å². The minimum absolute atomic E-state index is 0.496. The standard InChI is InChI=1S/C11H13N3/c1-8(10-3-4-10)14-11-5-2-9(6-12)7-13-11/h2,5,7-8,10H,3-4H2,1H3,(H,13,14). The van der Waals surface area contributed by atoms with E-state index in [9.17, 15) is 0 Å². The van der Waals surface area contributed by atoms with Crippen LogP contribution in [0.25, 0.3) is 0 Å². The second-order valence-electron chi connectivity index (χ2n) is 3.81. The Morgan fingerprint density at radius 2 is 2.36 bits per heavy atom. The Labute approximate surface area is 83.8 Å². The first-order valence-corrected chi connectivity index (χ1v) is 4.92. The molecule has 0 amide bonds. The van der Waals surface area contributed by atoms with Gasteiger partial charge in [-0.05, 0) is 37.8 Å². The van der Waals surface area contributed by atoms with Crippen molar-refractivity contribution in [2.45, 2.75) is 25.8 Å². The van der Waals surface area contributed by atoms with E-state index in [1.54, 1.807) is 12.3 Å². The number of hydrogen-bond acceptors (Lipinski definition) is 3. The van der Waals surface area contributed by atoms with Crippen LogP contribution in [0.15, 0.2) is 18.3 Å². The minimum atomic E-state index is 0.496. The molecular formula is C11H13N3. The molecule has 3 nitrogen and oxygen atoms in total. The van der Waals surface area contributed by atoms with Crippen LogP contribution >= 0.6 is 0 Å². The first-order chi connectivity index (χ1) is 6.79. The van der Waals surface area contributed by atoms with Crippen LogP contribution < -0.4 is 5.32 Å². The Balaban J connectivity index is 1.99. The molecule has 0 aliphatic heterocycles. The molecule has 1 unspecified atom stereocenters. The van der Waals surface area contributed by atoms with Gasteiger partial charge in [0.15, 0.2) is 0 Å². The number of rotatable bonds is 3. The maximum Gasteiger partial charge on any atom is 0.126 e. The van der Waals surface area contributed by atoms with E-state index in [4.69, 9.17) is 5.26 Å². The average Bonchev–Trinajstić information content (AvgIpc) is 3.02. The molecule has 0 bridgehead atoms. The SMILES string of the molecule is CC(Nc1ccc(C#N)cn1)C1CC1. The van der Waals surface area contributed by atoms with Crippen molar-refractivity contribution in [1.29, 1.82) is 5.26 Å². The van der Waals surface area contributed by atoms with Crippen LogP contribution in [0.1, 0.15) is 25.3 Å². The van der Waals surface area contributed by atoms with E-state index in [1.807, 2.05) is 6.07 Å². The molecular weight excluding hydrogens is 174 g/mol. The van der Waals surface area contributed by atoms with Crippen LogP contribution in [0, 0.1) is 17.2 Å². The summed E-state index contributed by atoms with van der Waals surface area (Å²) < 4.78 is 0. The molecule has 72 valence electrons. The third kappa shape index (κ3) is 2.02. The quantitative estimate of drug-likeness (QED) is 0.788. The molecule has 0 aromatic carbocycles. The molecule has 1 atom stereocenters. The molecule has 1 saturated carbocycles. The number of aromatic nitrogens is 1. The lowest BCUT2D eigenvalue weighted by atomic mass is 10.2. The molecule has 0 saturated heterocycles. The van der Waals surface area contributed by atoms with Gasteiger partial charge in [-0.1, -0.05) is 0 Å². The van der Waals surface area contributed by atoms with Gasteiger partial charge >= 0.3 is 0 Å². The summed E-state index contributed by atoms with van der Waals surface area (Å²) in [5.41, 5.74) is 0.606. The highest BCUT2D eigenvalue weighted by Crippen LogP contribution is 2.33. The van der Waals surface area contributed by atoms with Crippen molar-refractivity contribution in [2.24, 2.45) is 5.92 Å². The van der Waals surface area contributed by atoms with Crippen LogP contribution in [0.5, 0.6) is 0 Å². The summed E-state index contributed by atoms with van der Waals surface area (Å²) in [6, 6.07) is 6.19. The Kier molecular flexibility index (Phi) is 2.36. The highest BCUT2D eigenvalue weighted by atomic mass is 15.0. The van der Waals surface area contributed by atoms with Crippen molar-refractivity contribution < 1.29 is 0 Å². The van der Waals surface area contributed by atoms with E-state index in [-0.39, 0.29) is 0 Å². The topological polar surface area (TPSA) is 48.7 Å². The number of nitrogens with zero attached hydrogens (tertiary/aromatic N) is 2. The van der Waals surface area contributed by atoms with Crippen molar-refractivity contribution in [2.75, 3.05) is 5.32 Å². The molecule has 1 aliphatic rings. The maximum atomic E-state index is 8.60. The van der Waals surface area contributed by atoms with Crippen LogP contribution in [-0.2, 0) is 0 Å². The Hall–Kier alpha value is -1.56. The van der Waals surface area contributed by atoms with Gasteiger partial charge in [0.1, 0.15) is 11.9 Å². The molecule has 2 rings (SSSR count). The fraction of sp³-hybridized carbons (Fsp3) is 0.455. The number of nitrogens with one attached hydrogen (secondary N) is 1. The summed E-state index contributed by atoms with van der Waals surface area (Å²) in [6.45, 7) is 2.18. The summed E-state index contributed by atoms with van der Waals surface area (Å²) in [5.74, 6) is 1.68. The van der Waals surface area contributed by atoms with E-state index in [0.29, 0.717) is 11.6 Å². The van der Waals surface area contributed by atoms with E-state index in [0.717, 1.165) is 11.7 Å². The van der Waals surface area contributed by atoms with Gasteiger partial charge in [0.25, 0.3) is 0 Å². The third-order valence-electron chi connectivity index (χ3n) is 2.60. The molecule has 3 heteroatoms. The largest absolute Gasteiger partial charge is 0.367 e. The summed E-state index contributed by atoms with van der Waals surface area (Å²) in [4.78, 5) is 4.17. The van der Waals surface area contributed by atoms with Gasteiger partial charge in [-0.25, -0.2) is 4.98 Å². The monoisotopic (exact) mass is 187 g/mol. The summed E-state index contributed by atoms with van der Waals surface area (Å²) in [6.07, 6.45) is 4.25. The molecule has 1 N–H and O–H groups in total. The van der Waals surface area contributed by atoms with Gasteiger partial charge in [-0.2, -0.15) is 5.26 Å². The highest BCUT2D eigenvalue weighted by molar-refractivity contribution is 5.39. The Bertz CT molecular complexity index is 346. The zero-order chi connectivity index (χ0) is 9.97. The molecule has 1 fully saturated rings. The molecule has 0 radical (unpaired) electrons. The first-order valence-electron chi connectivity index (χ1n) is 4.92. The lowest BCUT2D eigenvalue weighted by Gasteiger charge is -2.12. The number of hydrogen-bond donors (Lipinski definition) is 1. The van der Waals surface area contributed by atoms with Crippen molar-refractivity contribution in [3.63, 3.8) is 0 Å². The second kappa shape index (κ2) is 3.67. The van der Waals surface area contributed by atoms with E-state index in [1.165, 1.54) is 12.8 Å². The molecule has 14 heavy (non-hydrogen) atoms. The highest BCUT2D eigenvalue weighted by Gasteiger charge is 2.27. The van der Waals surface area contributed by atoms with Crippen molar-refractivity contribution in [3.8, 4) is 6.07 Å². The summed E-state index contributed by atoms with van der Waals surface area (Å²) >= 11 is 0. The van der Waals surface area contributed by atoms with Crippen LogP contribution in [0.3, 0.4) is 0 Å². The number of pyridine rings is 1. The predicted molar refractivity (Wildman–Crippen MR) is 54.8 cm³/mol. The van der Waals surface area contributed by atoms with Crippen LogP contribution in [0.4, 0.5) is 5.82 Å². The van der Waals surface area contributed by atoms with Gasteiger partial charge < -0.3 is 5.32 Å². The van der Waals surface area contributed by atoms with Crippen molar-refractivity contribution >= 4 is 5.82 Å². The maximum absolute atomic E-state index is 8.60. The number of nitriles is 1. The first kappa shape index (κ1) is 9.01. The van der Waals surface area contributed by atoms with Gasteiger partial charge in [0.2, 0.25) is 0 Å². The summed E-state index contributed by atoms with van der Waals surface area (Å²) in [5, 5.41) is 11.9. The molecule has 1 aliphatic carbocycles. The normalized spacial score (nSPS) is 17.1. The van der Waals surface area contributed by atoms with Gasteiger partial charge in [0.05, 0.1) is 5.56 Å². The lowest BCUT2D eigenvalue weighted by molar-refractivity contribution is 0.690. The molecule has 1 aromatic rings. The Morgan fingerprint density at radius 1 is 1.57 bits per heavy atom. The molecule has 1 heterocycles. The van der Waals surface area contributed by atoms with E-state index < -0.39 is 0 Å².